The van der Waals surface area contributed by atoms with Crippen molar-refractivity contribution in [2.75, 3.05) is 7.11 Å². The molecule has 2 rings (SSSR count). The lowest BCUT2D eigenvalue weighted by Gasteiger charge is -2.15. The van der Waals surface area contributed by atoms with E-state index < -0.39 is 0 Å². The Kier molecular flexibility index (Phi) is 4.46. The Balaban J connectivity index is 2.44. The van der Waals surface area contributed by atoms with Crippen molar-refractivity contribution in [1.82, 2.24) is 0 Å². The molecule has 1 nitrogen and oxygen atoms in total. The van der Waals surface area contributed by atoms with Gasteiger partial charge in [0.05, 0.1) is 11.9 Å². The molecule has 0 heterocycles. The Morgan fingerprint density at radius 1 is 1.11 bits per heavy atom. The first kappa shape index (κ1) is 13.6. The van der Waals surface area contributed by atoms with Gasteiger partial charge in [0, 0.05) is 10.0 Å². The molecule has 94 valence electrons. The predicted octanol–water partition coefficient (Wildman–Crippen LogP) is 5.25. The quantitative estimate of drug-likeness (QED) is 0.671. The van der Waals surface area contributed by atoms with Crippen LogP contribution in [0.15, 0.2) is 46.9 Å². The van der Waals surface area contributed by atoms with E-state index in [0.29, 0.717) is 0 Å². The van der Waals surface area contributed by atoms with E-state index in [2.05, 4.69) is 69.1 Å². The Labute approximate surface area is 124 Å². The fourth-order valence-corrected chi connectivity index (χ4v) is 2.93. The normalized spacial score (nSPS) is 12.2. The summed E-state index contributed by atoms with van der Waals surface area (Å²) in [6.45, 7) is 2.10. The zero-order valence-electron chi connectivity index (χ0n) is 10.3. The molecular formula is C15H14Br2O. The molecule has 2 aromatic rings. The molecule has 0 amide bonds. The van der Waals surface area contributed by atoms with E-state index in [-0.39, 0.29) is 4.83 Å². The number of aryl methyl sites for hydroxylation is 1. The van der Waals surface area contributed by atoms with Crippen molar-refractivity contribution in [3.63, 3.8) is 0 Å². The van der Waals surface area contributed by atoms with Crippen LogP contribution in [0.5, 0.6) is 5.75 Å². The second-order valence-corrected chi connectivity index (χ2v) is 5.99. The summed E-state index contributed by atoms with van der Waals surface area (Å²) in [5.74, 6) is 0.890. The number of methoxy groups -OCH3 is 1. The van der Waals surface area contributed by atoms with Crippen molar-refractivity contribution in [2.45, 2.75) is 11.8 Å². The summed E-state index contributed by atoms with van der Waals surface area (Å²) in [5, 5.41) is 0. The molecule has 0 spiro atoms. The van der Waals surface area contributed by atoms with Crippen molar-refractivity contribution < 1.29 is 4.74 Å². The van der Waals surface area contributed by atoms with Crippen LogP contribution in [-0.2, 0) is 0 Å². The van der Waals surface area contributed by atoms with E-state index in [1.165, 1.54) is 11.1 Å². The topological polar surface area (TPSA) is 9.23 Å². The number of hydrogen-bond donors (Lipinski definition) is 0. The minimum Gasteiger partial charge on any atom is -0.496 e. The maximum Gasteiger partial charge on any atom is 0.123 e. The van der Waals surface area contributed by atoms with Crippen LogP contribution in [0.3, 0.4) is 0 Å². The van der Waals surface area contributed by atoms with Gasteiger partial charge in [-0.1, -0.05) is 61.7 Å². The van der Waals surface area contributed by atoms with Gasteiger partial charge in [-0.05, 0) is 30.7 Å². The average Bonchev–Trinajstić information content (AvgIpc) is 2.38. The smallest absolute Gasteiger partial charge is 0.123 e. The standard InChI is InChI=1S/C15H14Br2O/c1-10-4-3-5-11(8-10)15(17)13-9-12(16)6-7-14(13)18-2/h3-9,15H,1-2H3. The van der Waals surface area contributed by atoms with Gasteiger partial charge in [-0.15, -0.1) is 0 Å². The molecule has 0 bridgehead atoms. The first-order valence-corrected chi connectivity index (χ1v) is 7.36. The fraction of sp³-hybridized carbons (Fsp3) is 0.200. The van der Waals surface area contributed by atoms with Crippen LogP contribution >= 0.6 is 31.9 Å². The Morgan fingerprint density at radius 2 is 1.89 bits per heavy atom. The van der Waals surface area contributed by atoms with E-state index in [9.17, 15) is 0 Å². The minimum absolute atomic E-state index is 0.129. The van der Waals surface area contributed by atoms with Gasteiger partial charge in [-0.2, -0.15) is 0 Å². The molecule has 0 aliphatic carbocycles. The summed E-state index contributed by atoms with van der Waals surface area (Å²) in [6, 6.07) is 14.5. The number of rotatable bonds is 3. The largest absolute Gasteiger partial charge is 0.496 e. The van der Waals surface area contributed by atoms with Crippen LogP contribution in [0.1, 0.15) is 21.5 Å². The van der Waals surface area contributed by atoms with Gasteiger partial charge in [-0.25, -0.2) is 0 Å². The highest BCUT2D eigenvalue weighted by Crippen LogP contribution is 2.38. The molecule has 0 saturated heterocycles. The molecule has 0 aromatic heterocycles. The molecule has 0 aliphatic heterocycles. The third kappa shape index (κ3) is 2.96. The maximum atomic E-state index is 5.42. The molecule has 3 heteroatoms. The van der Waals surface area contributed by atoms with Crippen LogP contribution in [0.2, 0.25) is 0 Å². The summed E-state index contributed by atoms with van der Waals surface area (Å²) in [5.41, 5.74) is 3.61. The number of alkyl halides is 1. The van der Waals surface area contributed by atoms with Crippen LogP contribution in [0, 0.1) is 6.92 Å². The molecular weight excluding hydrogens is 356 g/mol. The Hall–Kier alpha value is -0.800. The van der Waals surface area contributed by atoms with Crippen molar-refractivity contribution >= 4 is 31.9 Å². The van der Waals surface area contributed by atoms with Gasteiger partial charge in [0.1, 0.15) is 5.75 Å². The minimum atomic E-state index is 0.129. The van der Waals surface area contributed by atoms with Crippen molar-refractivity contribution in [2.24, 2.45) is 0 Å². The first-order valence-electron chi connectivity index (χ1n) is 5.66. The van der Waals surface area contributed by atoms with Crippen LogP contribution in [0.4, 0.5) is 0 Å². The highest BCUT2D eigenvalue weighted by molar-refractivity contribution is 9.10. The molecule has 0 N–H and O–H groups in total. The third-order valence-electron chi connectivity index (χ3n) is 2.80. The lowest BCUT2D eigenvalue weighted by atomic mass is 10.0. The second-order valence-electron chi connectivity index (χ2n) is 4.16. The van der Waals surface area contributed by atoms with Crippen LogP contribution in [-0.4, -0.2) is 7.11 Å². The molecule has 0 radical (unpaired) electrons. The van der Waals surface area contributed by atoms with E-state index in [1.54, 1.807) is 7.11 Å². The van der Waals surface area contributed by atoms with Crippen molar-refractivity contribution in [3.8, 4) is 5.75 Å². The third-order valence-corrected chi connectivity index (χ3v) is 4.31. The van der Waals surface area contributed by atoms with Gasteiger partial charge in [0.15, 0.2) is 0 Å². The molecule has 0 fully saturated rings. The monoisotopic (exact) mass is 368 g/mol. The first-order chi connectivity index (χ1) is 8.61. The summed E-state index contributed by atoms with van der Waals surface area (Å²) < 4.78 is 6.47. The van der Waals surface area contributed by atoms with E-state index in [4.69, 9.17) is 4.74 Å². The Bertz CT molecular complexity index is 552. The molecule has 1 unspecified atom stereocenters. The fourth-order valence-electron chi connectivity index (χ4n) is 1.91. The summed E-state index contributed by atoms with van der Waals surface area (Å²) >= 11 is 7.26. The van der Waals surface area contributed by atoms with Crippen LogP contribution in [0.25, 0.3) is 0 Å². The highest BCUT2D eigenvalue weighted by atomic mass is 79.9. The SMILES string of the molecule is COc1ccc(Br)cc1C(Br)c1cccc(C)c1. The lowest BCUT2D eigenvalue weighted by Crippen LogP contribution is -1.97. The molecule has 18 heavy (non-hydrogen) atoms. The maximum absolute atomic E-state index is 5.42. The molecule has 2 aromatic carbocycles. The van der Waals surface area contributed by atoms with Gasteiger partial charge in [-0.3, -0.25) is 0 Å². The zero-order valence-corrected chi connectivity index (χ0v) is 13.5. The van der Waals surface area contributed by atoms with E-state index in [1.807, 2.05) is 12.1 Å². The van der Waals surface area contributed by atoms with Crippen molar-refractivity contribution in [3.05, 3.63) is 63.6 Å². The Morgan fingerprint density at radius 3 is 2.56 bits per heavy atom. The van der Waals surface area contributed by atoms with Gasteiger partial charge in [0.25, 0.3) is 0 Å². The number of benzene rings is 2. The average molecular weight is 370 g/mol. The summed E-state index contributed by atoms with van der Waals surface area (Å²) in [4.78, 5) is 0.129. The highest BCUT2D eigenvalue weighted by Gasteiger charge is 2.15. The van der Waals surface area contributed by atoms with Gasteiger partial charge < -0.3 is 4.74 Å². The van der Waals surface area contributed by atoms with E-state index >= 15 is 0 Å². The van der Waals surface area contributed by atoms with Crippen molar-refractivity contribution in [1.29, 1.82) is 0 Å². The summed E-state index contributed by atoms with van der Waals surface area (Å²) in [6.07, 6.45) is 0. The predicted molar refractivity (Wildman–Crippen MR) is 82.6 cm³/mol. The molecule has 0 aliphatic rings. The number of hydrogen-bond acceptors (Lipinski definition) is 1. The zero-order chi connectivity index (χ0) is 13.1. The summed E-state index contributed by atoms with van der Waals surface area (Å²) in [7, 11) is 1.70. The molecule has 1 atom stereocenters. The number of ether oxygens (including phenoxy) is 1. The van der Waals surface area contributed by atoms with Gasteiger partial charge >= 0.3 is 0 Å². The molecule has 0 saturated carbocycles. The second kappa shape index (κ2) is 5.89. The van der Waals surface area contributed by atoms with Crippen LogP contribution < -0.4 is 4.74 Å². The van der Waals surface area contributed by atoms with E-state index in [0.717, 1.165) is 15.8 Å². The lowest BCUT2D eigenvalue weighted by molar-refractivity contribution is 0.410. The number of halogens is 2. The van der Waals surface area contributed by atoms with Gasteiger partial charge in [0.2, 0.25) is 0 Å².